The molecule has 0 bridgehead atoms. The van der Waals surface area contributed by atoms with E-state index < -0.39 is 5.97 Å². The molecule has 0 unspecified atom stereocenters. The Bertz CT molecular complexity index is 559. The smallest absolute Gasteiger partial charge is 0.341 e. The summed E-state index contributed by atoms with van der Waals surface area (Å²) < 4.78 is 6.68. The summed E-state index contributed by atoms with van der Waals surface area (Å²) in [7, 11) is 0. The van der Waals surface area contributed by atoms with Crippen molar-refractivity contribution in [2.75, 3.05) is 6.61 Å². The molecule has 0 atom stereocenters. The first-order valence-electron chi connectivity index (χ1n) is 5.77. The Hall–Kier alpha value is -2.23. The van der Waals surface area contributed by atoms with Gasteiger partial charge >= 0.3 is 5.97 Å². The van der Waals surface area contributed by atoms with Crippen molar-refractivity contribution in [2.24, 2.45) is 0 Å². The lowest BCUT2D eigenvalue weighted by Gasteiger charge is -2.11. The molecule has 0 spiro atoms. The van der Waals surface area contributed by atoms with Gasteiger partial charge in [-0.25, -0.2) is 4.79 Å². The number of phenolic OH excluding ortho intramolecular Hbond substituents is 1. The van der Waals surface area contributed by atoms with Crippen LogP contribution in [-0.2, 0) is 4.74 Å². The van der Waals surface area contributed by atoms with E-state index >= 15 is 0 Å². The number of nitrogens with zero attached hydrogens (tertiary/aromatic N) is 1. The van der Waals surface area contributed by atoms with Crippen LogP contribution in [0, 0.1) is 6.92 Å². The number of hydrogen-bond acceptors (Lipinski definition) is 3. The average Bonchev–Trinajstić information content (AvgIpc) is 2.85. The minimum atomic E-state index is -0.507. The van der Waals surface area contributed by atoms with E-state index in [1.54, 1.807) is 17.6 Å². The zero-order chi connectivity index (χ0) is 13.1. The molecular weight excluding hydrogens is 230 g/mol. The average molecular weight is 245 g/mol. The maximum atomic E-state index is 11.7. The van der Waals surface area contributed by atoms with E-state index in [4.69, 9.17) is 4.74 Å². The molecule has 94 valence electrons. The summed E-state index contributed by atoms with van der Waals surface area (Å²) in [5.41, 5.74) is 1.66. The lowest BCUT2D eigenvalue weighted by molar-refractivity contribution is 0.0523. The largest absolute Gasteiger partial charge is 0.505 e. The second-order valence-corrected chi connectivity index (χ2v) is 3.99. The maximum Gasteiger partial charge on any atom is 0.341 e. The Kier molecular flexibility index (Phi) is 3.37. The van der Waals surface area contributed by atoms with Gasteiger partial charge in [0.05, 0.1) is 12.3 Å². The van der Waals surface area contributed by atoms with Crippen LogP contribution in [0.25, 0.3) is 5.69 Å². The molecule has 0 fully saturated rings. The monoisotopic (exact) mass is 245 g/mol. The number of aromatic nitrogens is 1. The number of hydrogen-bond donors (Lipinski definition) is 1. The maximum absolute atomic E-state index is 11.7. The molecule has 4 nitrogen and oxygen atoms in total. The van der Waals surface area contributed by atoms with Crippen LogP contribution in [0.5, 0.6) is 5.75 Å². The van der Waals surface area contributed by atoms with Crippen molar-refractivity contribution in [1.29, 1.82) is 0 Å². The minimum Gasteiger partial charge on any atom is -0.505 e. The fraction of sp³-hybridized carbons (Fsp3) is 0.214. The Morgan fingerprint density at radius 1 is 1.33 bits per heavy atom. The molecule has 0 aliphatic carbocycles. The van der Waals surface area contributed by atoms with Crippen LogP contribution in [0.15, 0.2) is 36.7 Å². The molecule has 2 rings (SSSR count). The van der Waals surface area contributed by atoms with Crippen molar-refractivity contribution in [2.45, 2.75) is 13.8 Å². The second-order valence-electron chi connectivity index (χ2n) is 3.99. The highest BCUT2D eigenvalue weighted by atomic mass is 16.5. The molecule has 1 aromatic heterocycles. The van der Waals surface area contributed by atoms with Crippen molar-refractivity contribution in [3.63, 3.8) is 0 Å². The Labute approximate surface area is 105 Å². The molecule has 0 radical (unpaired) electrons. The summed E-state index contributed by atoms with van der Waals surface area (Å²) in [5.74, 6) is -0.567. The number of benzene rings is 1. The van der Waals surface area contributed by atoms with Crippen LogP contribution in [0.2, 0.25) is 0 Å². The van der Waals surface area contributed by atoms with Gasteiger partial charge in [-0.3, -0.25) is 0 Å². The minimum absolute atomic E-state index is 0.0600. The van der Waals surface area contributed by atoms with Crippen molar-refractivity contribution >= 4 is 5.97 Å². The number of carbonyl (C=O) groups is 1. The van der Waals surface area contributed by atoms with Crippen LogP contribution in [-0.4, -0.2) is 22.2 Å². The molecule has 0 amide bonds. The van der Waals surface area contributed by atoms with E-state index in [0.717, 1.165) is 5.56 Å². The lowest BCUT2D eigenvalue weighted by atomic mass is 10.1. The van der Waals surface area contributed by atoms with Gasteiger partial charge < -0.3 is 14.4 Å². The number of phenols is 1. The fourth-order valence-electron chi connectivity index (χ4n) is 1.82. The number of rotatable bonds is 3. The summed E-state index contributed by atoms with van der Waals surface area (Å²) in [6, 6.07) is 7.15. The van der Waals surface area contributed by atoms with Crippen molar-refractivity contribution in [1.82, 2.24) is 4.57 Å². The molecule has 1 heterocycles. The van der Waals surface area contributed by atoms with Gasteiger partial charge in [0.15, 0.2) is 5.75 Å². The third kappa shape index (κ3) is 2.22. The molecule has 0 saturated carbocycles. The summed E-state index contributed by atoms with van der Waals surface area (Å²) in [6.45, 7) is 3.89. The fourth-order valence-corrected chi connectivity index (χ4v) is 1.82. The van der Waals surface area contributed by atoms with Crippen LogP contribution in [0.4, 0.5) is 0 Å². The molecule has 1 aromatic carbocycles. The van der Waals surface area contributed by atoms with Gasteiger partial charge in [0.2, 0.25) is 0 Å². The number of esters is 1. The molecule has 0 aliphatic heterocycles. The third-order valence-corrected chi connectivity index (χ3v) is 2.61. The quantitative estimate of drug-likeness (QED) is 0.846. The zero-order valence-corrected chi connectivity index (χ0v) is 10.4. The third-order valence-electron chi connectivity index (χ3n) is 2.61. The van der Waals surface area contributed by atoms with E-state index in [1.807, 2.05) is 37.5 Å². The molecular formula is C14H15NO3. The van der Waals surface area contributed by atoms with Gasteiger partial charge in [0.25, 0.3) is 0 Å². The van der Waals surface area contributed by atoms with E-state index in [-0.39, 0.29) is 17.9 Å². The number of aryl methyl sites for hydroxylation is 1. The molecule has 0 saturated heterocycles. The number of aromatic hydroxyl groups is 1. The predicted octanol–water partition coefficient (Wildman–Crippen LogP) is 2.67. The van der Waals surface area contributed by atoms with Crippen LogP contribution in [0.3, 0.4) is 0 Å². The highest BCUT2D eigenvalue weighted by Gasteiger charge is 2.17. The van der Waals surface area contributed by atoms with Gasteiger partial charge in [0, 0.05) is 12.4 Å². The molecule has 18 heavy (non-hydrogen) atoms. The first-order valence-corrected chi connectivity index (χ1v) is 5.77. The molecule has 0 aliphatic rings. The zero-order valence-electron chi connectivity index (χ0n) is 10.4. The van der Waals surface area contributed by atoms with E-state index in [9.17, 15) is 9.90 Å². The lowest BCUT2D eigenvalue weighted by Crippen LogP contribution is -2.07. The number of ether oxygens (including phenoxy) is 1. The Morgan fingerprint density at radius 3 is 2.61 bits per heavy atom. The van der Waals surface area contributed by atoms with Crippen molar-refractivity contribution < 1.29 is 14.6 Å². The van der Waals surface area contributed by atoms with Crippen molar-refractivity contribution in [3.05, 3.63) is 47.8 Å². The van der Waals surface area contributed by atoms with Crippen LogP contribution < -0.4 is 0 Å². The molecule has 1 N–H and O–H groups in total. The Balaban J connectivity index is 2.53. The van der Waals surface area contributed by atoms with E-state index in [0.29, 0.717) is 5.69 Å². The number of carbonyl (C=O) groups excluding carboxylic acids is 1. The molecule has 2 aromatic rings. The standard InChI is InChI=1S/C14H15NO3/c1-3-18-14(17)11-8-10(2)9-12(13(11)16)15-6-4-5-7-15/h4-9,16H,3H2,1-2H3. The summed E-state index contributed by atoms with van der Waals surface area (Å²) in [4.78, 5) is 11.7. The van der Waals surface area contributed by atoms with Crippen LogP contribution in [0.1, 0.15) is 22.8 Å². The molecule has 4 heteroatoms. The van der Waals surface area contributed by atoms with Crippen LogP contribution >= 0.6 is 0 Å². The SMILES string of the molecule is CCOC(=O)c1cc(C)cc(-n2cccc2)c1O. The summed E-state index contributed by atoms with van der Waals surface area (Å²) in [5, 5.41) is 10.2. The predicted molar refractivity (Wildman–Crippen MR) is 68.1 cm³/mol. The van der Waals surface area contributed by atoms with Gasteiger partial charge in [-0.1, -0.05) is 0 Å². The van der Waals surface area contributed by atoms with Gasteiger partial charge in [0.1, 0.15) is 5.56 Å². The topological polar surface area (TPSA) is 51.5 Å². The first-order chi connectivity index (χ1) is 8.63. The van der Waals surface area contributed by atoms with Crippen molar-refractivity contribution in [3.8, 4) is 11.4 Å². The van der Waals surface area contributed by atoms with Gasteiger partial charge in [-0.2, -0.15) is 0 Å². The van der Waals surface area contributed by atoms with Gasteiger partial charge in [-0.15, -0.1) is 0 Å². The summed E-state index contributed by atoms with van der Waals surface area (Å²) >= 11 is 0. The van der Waals surface area contributed by atoms with Gasteiger partial charge in [-0.05, 0) is 43.7 Å². The van der Waals surface area contributed by atoms with E-state index in [2.05, 4.69) is 0 Å². The Morgan fingerprint density at radius 2 is 2.00 bits per heavy atom. The highest BCUT2D eigenvalue weighted by molar-refractivity contribution is 5.94. The summed E-state index contributed by atoms with van der Waals surface area (Å²) in [6.07, 6.45) is 3.62. The van der Waals surface area contributed by atoms with E-state index in [1.165, 1.54) is 0 Å². The highest BCUT2D eigenvalue weighted by Crippen LogP contribution is 2.28. The second kappa shape index (κ2) is 4.96. The first kappa shape index (κ1) is 12.2. The normalized spacial score (nSPS) is 10.3.